The lowest BCUT2D eigenvalue weighted by atomic mass is 10.2. The fraction of sp³-hybridized carbons (Fsp3) is 0.286. The van der Waals surface area contributed by atoms with Gasteiger partial charge in [0.25, 0.3) is 0 Å². The van der Waals surface area contributed by atoms with Crippen LogP contribution in [-0.2, 0) is 6.54 Å². The monoisotopic (exact) mass is 136 g/mol. The van der Waals surface area contributed by atoms with Crippen molar-refractivity contribution in [2.45, 2.75) is 13.0 Å². The van der Waals surface area contributed by atoms with Crippen LogP contribution in [0.5, 0.6) is 0 Å². The molecule has 0 saturated heterocycles. The van der Waals surface area contributed by atoms with Crippen LogP contribution in [0.4, 0.5) is 0 Å². The molecular formula is C7H8N2O. The molecule has 0 saturated carbocycles. The van der Waals surface area contributed by atoms with E-state index in [0.29, 0.717) is 0 Å². The van der Waals surface area contributed by atoms with Gasteiger partial charge in [0.1, 0.15) is 5.71 Å². The third kappa shape index (κ3) is 0.572. The summed E-state index contributed by atoms with van der Waals surface area (Å²) >= 11 is 0. The molecule has 0 radical (unpaired) electrons. The van der Waals surface area contributed by atoms with Gasteiger partial charge in [0.2, 0.25) is 0 Å². The Morgan fingerprint density at radius 3 is 3.30 bits per heavy atom. The Morgan fingerprint density at radius 1 is 1.60 bits per heavy atom. The van der Waals surface area contributed by atoms with Crippen molar-refractivity contribution in [2.24, 2.45) is 5.16 Å². The Balaban J connectivity index is 2.53. The van der Waals surface area contributed by atoms with Gasteiger partial charge < -0.3 is 9.77 Å². The maximum absolute atomic E-state index is 8.51. The van der Waals surface area contributed by atoms with Crippen molar-refractivity contribution in [1.29, 1.82) is 0 Å². The van der Waals surface area contributed by atoms with Gasteiger partial charge in [-0.05, 0) is 12.1 Å². The van der Waals surface area contributed by atoms with E-state index in [1.807, 2.05) is 18.3 Å². The highest BCUT2D eigenvalue weighted by Gasteiger charge is 2.15. The second kappa shape index (κ2) is 1.87. The van der Waals surface area contributed by atoms with Gasteiger partial charge in [0.15, 0.2) is 0 Å². The second-order valence-corrected chi connectivity index (χ2v) is 2.38. The zero-order valence-corrected chi connectivity index (χ0v) is 5.49. The zero-order chi connectivity index (χ0) is 6.97. The van der Waals surface area contributed by atoms with E-state index in [2.05, 4.69) is 9.72 Å². The molecule has 0 spiro atoms. The van der Waals surface area contributed by atoms with Crippen LogP contribution in [0.2, 0.25) is 0 Å². The fourth-order valence-corrected chi connectivity index (χ4v) is 1.33. The molecule has 1 aromatic heterocycles. The van der Waals surface area contributed by atoms with Crippen LogP contribution < -0.4 is 0 Å². The Bertz CT molecular complexity index is 275. The first-order valence-electron chi connectivity index (χ1n) is 3.28. The molecule has 52 valence electrons. The lowest BCUT2D eigenvalue weighted by Gasteiger charge is -1.90. The van der Waals surface area contributed by atoms with Crippen molar-refractivity contribution >= 4 is 5.71 Å². The SMILES string of the molecule is ON=C1CCn2cccc21. The van der Waals surface area contributed by atoms with Crippen LogP contribution in [0.3, 0.4) is 0 Å². The quantitative estimate of drug-likeness (QED) is 0.420. The van der Waals surface area contributed by atoms with E-state index in [9.17, 15) is 0 Å². The van der Waals surface area contributed by atoms with Gasteiger partial charge in [-0.3, -0.25) is 0 Å². The van der Waals surface area contributed by atoms with Crippen LogP contribution in [0, 0.1) is 0 Å². The molecular weight excluding hydrogens is 128 g/mol. The number of rotatable bonds is 0. The van der Waals surface area contributed by atoms with E-state index in [-0.39, 0.29) is 0 Å². The van der Waals surface area contributed by atoms with Crippen LogP contribution >= 0.6 is 0 Å². The molecule has 0 aromatic carbocycles. The highest BCUT2D eigenvalue weighted by Crippen LogP contribution is 2.14. The smallest absolute Gasteiger partial charge is 0.105 e. The van der Waals surface area contributed by atoms with Crippen molar-refractivity contribution < 1.29 is 5.21 Å². The molecule has 3 nitrogen and oxygen atoms in total. The summed E-state index contributed by atoms with van der Waals surface area (Å²) in [5.41, 5.74) is 1.84. The average molecular weight is 136 g/mol. The number of hydrogen-bond acceptors (Lipinski definition) is 2. The van der Waals surface area contributed by atoms with Crippen molar-refractivity contribution in [3.05, 3.63) is 24.0 Å². The van der Waals surface area contributed by atoms with Crippen molar-refractivity contribution in [3.8, 4) is 0 Å². The van der Waals surface area contributed by atoms with Gasteiger partial charge in [-0.25, -0.2) is 0 Å². The van der Waals surface area contributed by atoms with Gasteiger partial charge in [-0.1, -0.05) is 5.16 Å². The van der Waals surface area contributed by atoms with Crippen LogP contribution in [0.15, 0.2) is 23.5 Å². The second-order valence-electron chi connectivity index (χ2n) is 2.38. The third-order valence-corrected chi connectivity index (χ3v) is 1.84. The van der Waals surface area contributed by atoms with E-state index in [1.54, 1.807) is 0 Å². The van der Waals surface area contributed by atoms with E-state index in [4.69, 9.17) is 5.21 Å². The molecule has 0 unspecified atom stereocenters. The largest absolute Gasteiger partial charge is 0.411 e. The number of hydrogen-bond donors (Lipinski definition) is 1. The number of aromatic nitrogens is 1. The molecule has 0 aliphatic carbocycles. The third-order valence-electron chi connectivity index (χ3n) is 1.84. The first kappa shape index (κ1) is 5.53. The molecule has 0 fully saturated rings. The summed E-state index contributed by atoms with van der Waals surface area (Å²) in [5.74, 6) is 0. The molecule has 0 amide bonds. The lowest BCUT2D eigenvalue weighted by molar-refractivity contribution is 0.318. The summed E-state index contributed by atoms with van der Waals surface area (Å²) in [6, 6.07) is 3.92. The predicted molar refractivity (Wildman–Crippen MR) is 37.4 cm³/mol. The number of aryl methyl sites for hydroxylation is 1. The minimum atomic E-state index is 0.796. The molecule has 0 atom stereocenters. The molecule has 1 aromatic rings. The number of oxime groups is 1. The normalized spacial score (nSPS) is 19.8. The van der Waals surface area contributed by atoms with Gasteiger partial charge in [0, 0.05) is 19.2 Å². The predicted octanol–water partition coefficient (Wildman–Crippen LogP) is 1.07. The van der Waals surface area contributed by atoms with E-state index >= 15 is 0 Å². The van der Waals surface area contributed by atoms with Gasteiger partial charge in [-0.2, -0.15) is 0 Å². The van der Waals surface area contributed by atoms with Crippen molar-refractivity contribution in [1.82, 2.24) is 4.57 Å². The Morgan fingerprint density at radius 2 is 2.50 bits per heavy atom. The summed E-state index contributed by atoms with van der Waals surface area (Å²) < 4.78 is 2.08. The Kier molecular flexibility index (Phi) is 1.03. The minimum absolute atomic E-state index is 0.796. The van der Waals surface area contributed by atoms with Gasteiger partial charge in [0.05, 0.1) is 5.69 Å². The Hall–Kier alpha value is -1.25. The summed E-state index contributed by atoms with van der Waals surface area (Å²) in [6.45, 7) is 0.946. The summed E-state index contributed by atoms with van der Waals surface area (Å²) in [5, 5.41) is 11.7. The molecule has 3 heteroatoms. The zero-order valence-electron chi connectivity index (χ0n) is 5.49. The minimum Gasteiger partial charge on any atom is -0.411 e. The molecule has 1 aliphatic rings. The number of nitrogens with zero attached hydrogens (tertiary/aromatic N) is 2. The van der Waals surface area contributed by atoms with E-state index in [0.717, 1.165) is 24.4 Å². The van der Waals surface area contributed by atoms with Crippen LogP contribution in [-0.4, -0.2) is 15.5 Å². The average Bonchev–Trinajstić information content (AvgIpc) is 2.44. The molecule has 10 heavy (non-hydrogen) atoms. The molecule has 1 N–H and O–H groups in total. The van der Waals surface area contributed by atoms with Gasteiger partial charge >= 0.3 is 0 Å². The molecule has 0 bridgehead atoms. The van der Waals surface area contributed by atoms with Crippen molar-refractivity contribution in [3.63, 3.8) is 0 Å². The van der Waals surface area contributed by atoms with Gasteiger partial charge in [-0.15, -0.1) is 0 Å². The summed E-state index contributed by atoms with van der Waals surface area (Å²) in [4.78, 5) is 0. The van der Waals surface area contributed by atoms with Crippen LogP contribution in [0.25, 0.3) is 0 Å². The van der Waals surface area contributed by atoms with E-state index < -0.39 is 0 Å². The fourth-order valence-electron chi connectivity index (χ4n) is 1.33. The highest BCUT2D eigenvalue weighted by atomic mass is 16.4. The molecule has 2 heterocycles. The highest BCUT2D eigenvalue weighted by molar-refractivity contribution is 6.00. The summed E-state index contributed by atoms with van der Waals surface area (Å²) in [6.07, 6.45) is 2.85. The van der Waals surface area contributed by atoms with E-state index in [1.165, 1.54) is 0 Å². The van der Waals surface area contributed by atoms with Crippen molar-refractivity contribution in [2.75, 3.05) is 0 Å². The number of fused-ring (bicyclic) bond motifs is 1. The first-order valence-corrected chi connectivity index (χ1v) is 3.28. The summed E-state index contributed by atoms with van der Waals surface area (Å²) in [7, 11) is 0. The standard InChI is InChI=1S/C7H8N2O/c10-8-6-3-5-9-4-1-2-7(6)9/h1-2,4,10H,3,5H2. The topological polar surface area (TPSA) is 37.5 Å². The molecule has 2 rings (SSSR count). The van der Waals surface area contributed by atoms with Crippen LogP contribution in [0.1, 0.15) is 12.1 Å². The maximum Gasteiger partial charge on any atom is 0.105 e. The maximum atomic E-state index is 8.51. The Labute approximate surface area is 58.6 Å². The first-order chi connectivity index (χ1) is 4.92. The lowest BCUT2D eigenvalue weighted by Crippen LogP contribution is -1.92. The molecule has 1 aliphatic heterocycles.